The van der Waals surface area contributed by atoms with Crippen molar-refractivity contribution in [3.05, 3.63) is 0 Å². The van der Waals surface area contributed by atoms with E-state index in [1.54, 1.807) is 0 Å². The fourth-order valence-corrected chi connectivity index (χ4v) is 2.46. The normalized spacial score (nSPS) is 30.3. The van der Waals surface area contributed by atoms with Crippen molar-refractivity contribution in [3.8, 4) is 0 Å². The molecule has 19 heavy (non-hydrogen) atoms. The van der Waals surface area contributed by atoms with Crippen molar-refractivity contribution in [2.75, 3.05) is 6.61 Å². The molecule has 0 aromatic rings. The topological polar surface area (TPSA) is 88.1 Å². The molecular weight excluding hydrogens is 371 g/mol. The monoisotopic (exact) mass is 386 g/mol. The van der Waals surface area contributed by atoms with Gasteiger partial charge < -0.3 is 18.9 Å². The van der Waals surface area contributed by atoms with Crippen molar-refractivity contribution in [1.82, 2.24) is 0 Å². The van der Waals surface area contributed by atoms with Crippen molar-refractivity contribution < 1.29 is 33.3 Å². The highest BCUT2D eigenvalue weighted by atomic mass is 127. The van der Waals surface area contributed by atoms with Crippen molar-refractivity contribution in [2.45, 2.75) is 43.2 Å². The maximum Gasteiger partial charge on any atom is 0.303 e. The molecule has 1 rings (SSSR count). The first-order valence-electron chi connectivity index (χ1n) is 5.58. The Morgan fingerprint density at radius 2 is 1.42 bits per heavy atom. The number of ether oxygens (including phenoxy) is 4. The molecule has 0 N–H and O–H groups in total. The molecule has 8 heteroatoms. The number of carbonyl (C=O) groups is 3. The number of hydrogen-bond donors (Lipinski definition) is 0. The lowest BCUT2D eigenvalue weighted by Crippen LogP contribution is -2.55. The molecule has 1 fully saturated rings. The molecule has 0 aromatic carbocycles. The third-order valence-electron chi connectivity index (χ3n) is 2.29. The molecule has 0 saturated carbocycles. The quantitative estimate of drug-likeness (QED) is 0.303. The zero-order valence-electron chi connectivity index (χ0n) is 10.8. The number of hydrogen-bond acceptors (Lipinski definition) is 7. The predicted molar refractivity (Wildman–Crippen MR) is 70.4 cm³/mol. The molecular formula is C11H15IO7. The van der Waals surface area contributed by atoms with Gasteiger partial charge in [0, 0.05) is 20.8 Å². The largest absolute Gasteiger partial charge is 0.456 e. The molecule has 1 aliphatic heterocycles. The van der Waals surface area contributed by atoms with E-state index in [0.29, 0.717) is 0 Å². The van der Waals surface area contributed by atoms with E-state index in [-0.39, 0.29) is 6.61 Å². The minimum Gasteiger partial charge on any atom is -0.456 e. The van der Waals surface area contributed by atoms with Crippen LogP contribution in [-0.2, 0) is 33.3 Å². The molecule has 0 bridgehead atoms. The van der Waals surface area contributed by atoms with Crippen LogP contribution in [0.2, 0.25) is 0 Å². The summed E-state index contributed by atoms with van der Waals surface area (Å²) in [7, 11) is 0. The van der Waals surface area contributed by atoms with Crippen LogP contribution in [0.4, 0.5) is 0 Å². The van der Waals surface area contributed by atoms with E-state index in [0.717, 1.165) is 0 Å². The summed E-state index contributed by atoms with van der Waals surface area (Å²) in [6.45, 7) is 3.78. The molecule has 0 aliphatic carbocycles. The molecule has 0 unspecified atom stereocenters. The minimum absolute atomic E-state index is 0.0723. The molecule has 4 atom stereocenters. The lowest BCUT2D eigenvalue weighted by molar-refractivity contribution is -0.211. The standard InChI is InChI=1S/C11H15IO7/c1-5(13)17-8-4-16-11(12)10(19-7(3)15)9(8)18-6(2)14/h8-11H,4H2,1-3H3/t8-,9+,10-,11+/m1/s1. The van der Waals surface area contributed by atoms with Crippen molar-refractivity contribution in [3.63, 3.8) is 0 Å². The Bertz CT molecular complexity index is 370. The summed E-state index contributed by atoms with van der Waals surface area (Å²) in [4.78, 5) is 33.2. The first-order chi connectivity index (χ1) is 8.81. The highest BCUT2D eigenvalue weighted by Gasteiger charge is 2.45. The van der Waals surface area contributed by atoms with Crippen molar-refractivity contribution >= 4 is 40.5 Å². The Morgan fingerprint density at radius 3 is 1.89 bits per heavy atom. The SMILES string of the molecule is CC(=O)O[C@@H]1[C@@H](OC(C)=O)[C@H](OC(C)=O)CO[C@@H]1I. The van der Waals surface area contributed by atoms with Crippen LogP contribution in [0.3, 0.4) is 0 Å². The van der Waals surface area contributed by atoms with Gasteiger partial charge in [-0.25, -0.2) is 0 Å². The molecule has 0 radical (unpaired) electrons. The average Bonchev–Trinajstić information content (AvgIpc) is 2.25. The highest BCUT2D eigenvalue weighted by molar-refractivity contribution is 14.1. The third kappa shape index (κ3) is 4.94. The van der Waals surface area contributed by atoms with Crippen LogP contribution in [0.1, 0.15) is 20.8 Å². The molecule has 0 aromatic heterocycles. The second-order valence-corrected chi connectivity index (χ2v) is 5.21. The maximum absolute atomic E-state index is 11.1. The van der Waals surface area contributed by atoms with Gasteiger partial charge in [0.2, 0.25) is 0 Å². The molecule has 1 saturated heterocycles. The van der Waals surface area contributed by atoms with Crippen LogP contribution < -0.4 is 0 Å². The summed E-state index contributed by atoms with van der Waals surface area (Å²) in [5.41, 5.74) is 0. The van der Waals surface area contributed by atoms with E-state index in [4.69, 9.17) is 18.9 Å². The fourth-order valence-electron chi connectivity index (χ4n) is 1.70. The van der Waals surface area contributed by atoms with Gasteiger partial charge in [0.1, 0.15) is 4.11 Å². The van der Waals surface area contributed by atoms with E-state index in [1.807, 2.05) is 22.6 Å². The van der Waals surface area contributed by atoms with Crippen LogP contribution in [0, 0.1) is 0 Å². The summed E-state index contributed by atoms with van der Waals surface area (Å²) < 4.78 is 20.1. The molecule has 0 amide bonds. The smallest absolute Gasteiger partial charge is 0.303 e. The highest BCUT2D eigenvalue weighted by Crippen LogP contribution is 2.27. The van der Waals surface area contributed by atoms with E-state index in [1.165, 1.54) is 20.8 Å². The van der Waals surface area contributed by atoms with E-state index in [2.05, 4.69) is 0 Å². The lowest BCUT2D eigenvalue weighted by Gasteiger charge is -2.38. The number of halogens is 1. The average molecular weight is 386 g/mol. The third-order valence-corrected chi connectivity index (χ3v) is 3.36. The minimum atomic E-state index is -0.874. The molecule has 108 valence electrons. The summed E-state index contributed by atoms with van der Waals surface area (Å²) >= 11 is 1.93. The van der Waals surface area contributed by atoms with Crippen LogP contribution in [0.5, 0.6) is 0 Å². The van der Waals surface area contributed by atoms with Gasteiger partial charge in [-0.05, 0) is 22.6 Å². The second kappa shape index (κ2) is 7.04. The Labute approximate surface area is 124 Å². The van der Waals surface area contributed by atoms with Gasteiger partial charge in [-0.15, -0.1) is 0 Å². The summed E-state index contributed by atoms with van der Waals surface area (Å²) in [6, 6.07) is 0. The lowest BCUT2D eigenvalue weighted by atomic mass is 10.1. The van der Waals surface area contributed by atoms with E-state index in [9.17, 15) is 14.4 Å². The van der Waals surface area contributed by atoms with Crippen LogP contribution in [-0.4, -0.2) is 46.9 Å². The number of esters is 3. The zero-order valence-corrected chi connectivity index (χ0v) is 12.9. The first kappa shape index (κ1) is 16.2. The second-order valence-electron chi connectivity index (χ2n) is 3.98. The first-order valence-corrected chi connectivity index (χ1v) is 6.83. The van der Waals surface area contributed by atoms with Crippen molar-refractivity contribution in [1.29, 1.82) is 0 Å². The Balaban J connectivity index is 2.89. The van der Waals surface area contributed by atoms with Gasteiger partial charge >= 0.3 is 17.9 Å². The molecule has 1 aliphatic rings. The van der Waals surface area contributed by atoms with E-state index >= 15 is 0 Å². The molecule has 1 heterocycles. The Morgan fingerprint density at radius 1 is 0.947 bits per heavy atom. The van der Waals surface area contributed by atoms with Gasteiger partial charge in [-0.1, -0.05) is 0 Å². The van der Waals surface area contributed by atoms with Gasteiger partial charge in [-0.2, -0.15) is 0 Å². The fraction of sp³-hybridized carbons (Fsp3) is 0.727. The number of carbonyl (C=O) groups excluding carboxylic acids is 3. The van der Waals surface area contributed by atoms with Gasteiger partial charge in [-0.3, -0.25) is 14.4 Å². The van der Waals surface area contributed by atoms with E-state index < -0.39 is 40.3 Å². The van der Waals surface area contributed by atoms with Crippen LogP contribution >= 0.6 is 22.6 Å². The van der Waals surface area contributed by atoms with Gasteiger partial charge in [0.25, 0.3) is 0 Å². The molecule has 7 nitrogen and oxygen atoms in total. The number of alkyl halides is 1. The summed E-state index contributed by atoms with van der Waals surface area (Å²) in [6.07, 6.45) is -2.49. The molecule has 0 spiro atoms. The maximum atomic E-state index is 11.1. The van der Waals surface area contributed by atoms with Gasteiger partial charge in [0.05, 0.1) is 6.61 Å². The number of rotatable bonds is 3. The van der Waals surface area contributed by atoms with Crippen LogP contribution in [0.15, 0.2) is 0 Å². The predicted octanol–water partition coefficient (Wildman–Crippen LogP) is 0.573. The zero-order chi connectivity index (χ0) is 14.6. The summed E-state index contributed by atoms with van der Waals surface area (Å²) in [5.74, 6) is -1.61. The van der Waals surface area contributed by atoms with Gasteiger partial charge in [0.15, 0.2) is 18.3 Å². The van der Waals surface area contributed by atoms with Crippen LogP contribution in [0.25, 0.3) is 0 Å². The Kier molecular flexibility index (Phi) is 5.98. The van der Waals surface area contributed by atoms with Crippen molar-refractivity contribution in [2.24, 2.45) is 0 Å². The Hall–Kier alpha value is -0.900. The summed E-state index contributed by atoms with van der Waals surface area (Å²) in [5, 5.41) is 0.